The number of nitrogens with zero attached hydrogens (tertiary/aromatic N) is 2. The Balaban J connectivity index is 1.31. The van der Waals surface area contributed by atoms with Gasteiger partial charge in [-0.05, 0) is 55.2 Å². The van der Waals surface area contributed by atoms with Crippen LogP contribution < -0.4 is 5.32 Å². The highest BCUT2D eigenvalue weighted by atomic mass is 32.2. The highest BCUT2D eigenvalue weighted by Gasteiger charge is 2.40. The molecule has 0 radical (unpaired) electrons. The van der Waals surface area contributed by atoms with E-state index in [4.69, 9.17) is 0 Å². The second kappa shape index (κ2) is 9.60. The van der Waals surface area contributed by atoms with Gasteiger partial charge in [0.15, 0.2) is 0 Å². The summed E-state index contributed by atoms with van der Waals surface area (Å²) in [5, 5.41) is 4.81. The number of carbonyl (C=O) groups is 1. The van der Waals surface area contributed by atoms with Crippen molar-refractivity contribution in [1.82, 2.24) is 14.5 Å². The molecular weight excluding hydrogens is 418 g/mol. The van der Waals surface area contributed by atoms with Gasteiger partial charge in [0, 0.05) is 26.2 Å². The third-order valence-electron chi connectivity index (χ3n) is 5.98. The summed E-state index contributed by atoms with van der Waals surface area (Å²) in [7, 11) is -3.59. The van der Waals surface area contributed by atoms with E-state index in [2.05, 4.69) is 34.5 Å². The highest BCUT2D eigenvalue weighted by molar-refractivity contribution is 7.91. The Bertz CT molecular complexity index is 932. The molecule has 4 rings (SSSR count). The first-order valence-corrected chi connectivity index (χ1v) is 13.0. The van der Waals surface area contributed by atoms with Crippen LogP contribution in [0.3, 0.4) is 0 Å². The summed E-state index contributed by atoms with van der Waals surface area (Å²) in [6, 6.07) is 13.2. The molecule has 0 saturated carbocycles. The Kier molecular flexibility index (Phi) is 6.87. The van der Waals surface area contributed by atoms with Crippen molar-refractivity contribution < 1.29 is 13.2 Å². The first kappa shape index (κ1) is 21.5. The number of piperidine rings is 1. The van der Waals surface area contributed by atoms with E-state index in [1.54, 1.807) is 17.5 Å². The summed E-state index contributed by atoms with van der Waals surface area (Å²) in [5.74, 6) is 0.239. The summed E-state index contributed by atoms with van der Waals surface area (Å²) in [6.45, 7) is 3.98. The zero-order chi connectivity index (χ0) is 21.0. The predicted octanol–water partition coefficient (Wildman–Crippen LogP) is 2.93. The van der Waals surface area contributed by atoms with Crippen LogP contribution in [0.5, 0.6) is 0 Å². The van der Waals surface area contributed by atoms with Gasteiger partial charge in [0.1, 0.15) is 10.3 Å². The molecule has 1 N–H and O–H groups in total. The fourth-order valence-corrected chi connectivity index (χ4v) is 7.26. The number of hydrogen-bond donors (Lipinski definition) is 1. The van der Waals surface area contributed by atoms with Gasteiger partial charge in [-0.2, -0.15) is 4.31 Å². The number of amides is 1. The summed E-state index contributed by atoms with van der Waals surface area (Å²) < 4.78 is 27.5. The van der Waals surface area contributed by atoms with Crippen LogP contribution in [0.25, 0.3) is 0 Å². The van der Waals surface area contributed by atoms with Gasteiger partial charge in [-0.3, -0.25) is 9.69 Å². The molecule has 1 aromatic carbocycles. The van der Waals surface area contributed by atoms with Crippen LogP contribution in [0.15, 0.2) is 52.1 Å². The van der Waals surface area contributed by atoms with E-state index in [9.17, 15) is 13.2 Å². The van der Waals surface area contributed by atoms with E-state index in [1.165, 1.54) is 21.2 Å². The number of thiophene rings is 1. The van der Waals surface area contributed by atoms with Gasteiger partial charge in [0.2, 0.25) is 5.91 Å². The second-order valence-corrected chi connectivity index (χ2v) is 11.2. The summed E-state index contributed by atoms with van der Waals surface area (Å²) in [5.41, 5.74) is 1.31. The summed E-state index contributed by atoms with van der Waals surface area (Å²) in [4.78, 5) is 15.3. The number of benzene rings is 1. The monoisotopic (exact) mass is 447 g/mol. The largest absolute Gasteiger partial charge is 0.354 e. The predicted molar refractivity (Wildman–Crippen MR) is 119 cm³/mol. The van der Waals surface area contributed by atoms with Crippen molar-refractivity contribution in [3.8, 4) is 0 Å². The summed E-state index contributed by atoms with van der Waals surface area (Å²) >= 11 is 1.20. The van der Waals surface area contributed by atoms with Gasteiger partial charge in [0.05, 0.1) is 0 Å². The van der Waals surface area contributed by atoms with E-state index < -0.39 is 16.1 Å². The number of hydrogen-bond acceptors (Lipinski definition) is 5. The number of rotatable bonds is 7. The minimum Gasteiger partial charge on any atom is -0.354 e. The molecule has 30 heavy (non-hydrogen) atoms. The molecule has 6 nitrogen and oxygen atoms in total. The lowest BCUT2D eigenvalue weighted by Crippen LogP contribution is -2.48. The van der Waals surface area contributed by atoms with E-state index in [-0.39, 0.29) is 5.91 Å². The van der Waals surface area contributed by atoms with Crippen molar-refractivity contribution in [1.29, 1.82) is 0 Å². The van der Waals surface area contributed by atoms with Gasteiger partial charge >= 0.3 is 0 Å². The average molecular weight is 448 g/mol. The van der Waals surface area contributed by atoms with Gasteiger partial charge in [-0.25, -0.2) is 8.42 Å². The van der Waals surface area contributed by atoms with Crippen LogP contribution >= 0.6 is 11.3 Å². The maximum Gasteiger partial charge on any atom is 0.253 e. The Morgan fingerprint density at radius 2 is 1.87 bits per heavy atom. The zero-order valence-corrected chi connectivity index (χ0v) is 18.7. The Hall–Kier alpha value is -1.74. The van der Waals surface area contributed by atoms with Crippen molar-refractivity contribution in [2.45, 2.75) is 42.5 Å². The molecule has 2 saturated heterocycles. The fourth-order valence-electron chi connectivity index (χ4n) is 4.48. The molecule has 8 heteroatoms. The molecule has 0 aliphatic carbocycles. The summed E-state index contributed by atoms with van der Waals surface area (Å²) in [6.07, 6.45) is 3.52. The number of likely N-dealkylation sites (tertiary alicyclic amines) is 1. The van der Waals surface area contributed by atoms with E-state index in [0.29, 0.717) is 29.6 Å². The van der Waals surface area contributed by atoms with E-state index in [0.717, 1.165) is 38.9 Å². The fraction of sp³-hybridized carbons (Fsp3) is 0.500. The van der Waals surface area contributed by atoms with Crippen LogP contribution in [0, 0.1) is 5.92 Å². The van der Waals surface area contributed by atoms with Crippen molar-refractivity contribution in [2.75, 3.05) is 26.2 Å². The first-order chi connectivity index (χ1) is 14.5. The molecule has 2 unspecified atom stereocenters. The quantitative estimate of drug-likeness (QED) is 0.709. The Morgan fingerprint density at radius 1 is 1.07 bits per heavy atom. The number of nitrogens with one attached hydrogen (secondary N) is 1. The molecule has 3 heterocycles. The van der Waals surface area contributed by atoms with Crippen molar-refractivity contribution in [2.24, 2.45) is 5.92 Å². The van der Waals surface area contributed by atoms with Crippen LogP contribution in [-0.2, 0) is 21.4 Å². The van der Waals surface area contributed by atoms with Crippen molar-refractivity contribution in [3.63, 3.8) is 0 Å². The molecule has 0 bridgehead atoms. The molecule has 1 aromatic heterocycles. The standard InChI is InChI=1S/C22H29N3O3S2/c26-22(20-10-5-13-25(20)30(27,28)21-11-6-14-29-21)23-15-19-9-4-12-24(17-19)16-18-7-2-1-3-8-18/h1-3,6-8,11,14,19-20H,4-5,9-10,12-13,15-17H2,(H,23,26). The maximum atomic E-state index is 12.9. The van der Waals surface area contributed by atoms with Crippen LogP contribution in [0.4, 0.5) is 0 Å². The third kappa shape index (κ3) is 4.94. The van der Waals surface area contributed by atoms with Crippen LogP contribution in [0.1, 0.15) is 31.2 Å². The molecule has 1 amide bonds. The minimum absolute atomic E-state index is 0.159. The topological polar surface area (TPSA) is 69.7 Å². The Labute approximate surface area is 182 Å². The third-order valence-corrected chi connectivity index (χ3v) is 9.26. The van der Waals surface area contributed by atoms with Crippen LogP contribution in [0.2, 0.25) is 0 Å². The maximum absolute atomic E-state index is 12.9. The highest BCUT2D eigenvalue weighted by Crippen LogP contribution is 2.28. The molecule has 2 fully saturated rings. The zero-order valence-electron chi connectivity index (χ0n) is 17.1. The van der Waals surface area contributed by atoms with Crippen LogP contribution in [-0.4, -0.2) is 55.8 Å². The second-order valence-electron chi connectivity index (χ2n) is 8.18. The van der Waals surface area contributed by atoms with E-state index >= 15 is 0 Å². The molecule has 162 valence electrons. The average Bonchev–Trinajstić information content (AvgIpc) is 3.46. The van der Waals surface area contributed by atoms with Gasteiger partial charge < -0.3 is 5.32 Å². The molecule has 0 spiro atoms. The lowest BCUT2D eigenvalue weighted by Gasteiger charge is -2.33. The molecule has 2 atom stereocenters. The molecular formula is C22H29N3O3S2. The Morgan fingerprint density at radius 3 is 2.63 bits per heavy atom. The molecule has 2 aromatic rings. The van der Waals surface area contributed by atoms with Gasteiger partial charge in [-0.15, -0.1) is 11.3 Å². The van der Waals surface area contributed by atoms with Gasteiger partial charge in [-0.1, -0.05) is 36.4 Å². The molecule has 2 aliphatic heterocycles. The normalized spacial score (nSPS) is 23.5. The smallest absolute Gasteiger partial charge is 0.253 e. The number of carbonyl (C=O) groups excluding carboxylic acids is 1. The lowest BCUT2D eigenvalue weighted by atomic mass is 9.97. The first-order valence-electron chi connectivity index (χ1n) is 10.6. The van der Waals surface area contributed by atoms with Crippen molar-refractivity contribution >= 4 is 27.3 Å². The van der Waals surface area contributed by atoms with Crippen molar-refractivity contribution in [3.05, 3.63) is 53.4 Å². The SMILES string of the molecule is O=C(NCC1CCCN(Cc2ccccc2)C1)C1CCCN1S(=O)(=O)c1cccs1. The number of sulfonamides is 1. The van der Waals surface area contributed by atoms with Gasteiger partial charge in [0.25, 0.3) is 10.0 Å². The van der Waals surface area contributed by atoms with E-state index in [1.807, 2.05) is 6.07 Å². The minimum atomic E-state index is -3.59. The lowest BCUT2D eigenvalue weighted by molar-refractivity contribution is -0.124. The molecule has 2 aliphatic rings.